The second kappa shape index (κ2) is 30.0. The molecule has 7 aliphatic rings. The van der Waals surface area contributed by atoms with Gasteiger partial charge in [-0.1, -0.05) is 107 Å². The molecule has 25 heteroatoms. The molecule has 0 amide bonds. The number of ketones is 3. The van der Waals surface area contributed by atoms with Crippen LogP contribution in [0, 0.1) is 47.3 Å². The molecule has 1 saturated carbocycles. The van der Waals surface area contributed by atoms with E-state index < -0.39 is 185 Å². The summed E-state index contributed by atoms with van der Waals surface area (Å²) in [7, 11) is 0. The van der Waals surface area contributed by atoms with Gasteiger partial charge in [-0.15, -0.1) is 0 Å². The number of esters is 9. The molecule has 0 radical (unpaired) electrons. The smallest absolute Gasteiger partial charge is 0.334 e. The van der Waals surface area contributed by atoms with E-state index in [-0.39, 0.29) is 56.8 Å². The molecule has 4 heterocycles. The fourth-order valence-electron chi connectivity index (χ4n) is 11.3. The largest absolute Gasteiger partial charge is 0.458 e. The highest BCUT2D eigenvalue weighted by atomic mass is 16.6. The number of fused-ring (bicyclic) bond motifs is 4. The minimum Gasteiger partial charge on any atom is -0.458 e. The lowest BCUT2D eigenvalue weighted by molar-refractivity contribution is -0.199. The summed E-state index contributed by atoms with van der Waals surface area (Å²) in [5, 5.41) is 33.7. The van der Waals surface area contributed by atoms with Crippen LogP contribution in [0.3, 0.4) is 0 Å². The first kappa shape index (κ1) is 76.5. The molecule has 20 atom stereocenters. The van der Waals surface area contributed by atoms with Gasteiger partial charge >= 0.3 is 53.7 Å². The van der Waals surface area contributed by atoms with E-state index in [4.69, 9.17) is 47.4 Å². The van der Waals surface area contributed by atoms with Crippen molar-refractivity contribution >= 4 is 71.1 Å². The molecule has 4 aliphatic heterocycles. The van der Waals surface area contributed by atoms with Crippen LogP contribution in [0.25, 0.3) is 0 Å². The van der Waals surface area contributed by atoms with Gasteiger partial charge < -0.3 is 62.7 Å². The maximum absolute atomic E-state index is 13.2. The summed E-state index contributed by atoms with van der Waals surface area (Å²) < 4.78 is 55.2. The molecule has 4 saturated heterocycles. The van der Waals surface area contributed by atoms with Crippen molar-refractivity contribution in [3.05, 3.63) is 109 Å². The second-order valence-corrected chi connectivity index (χ2v) is 26.5. The van der Waals surface area contributed by atoms with Gasteiger partial charge in [0.05, 0.1) is 35.7 Å². The Balaban J connectivity index is 0.000000255. The Kier molecular flexibility index (Phi) is 24.4. The van der Waals surface area contributed by atoms with Crippen LogP contribution in [0.1, 0.15) is 116 Å². The summed E-state index contributed by atoms with van der Waals surface area (Å²) in [5.74, 6) is -13.7. The maximum atomic E-state index is 13.2. The third-order valence-electron chi connectivity index (χ3n) is 17.2. The van der Waals surface area contributed by atoms with Gasteiger partial charge in [0.2, 0.25) is 0 Å². The Morgan fingerprint density at radius 3 is 1.07 bits per heavy atom. The van der Waals surface area contributed by atoms with E-state index in [1.807, 2.05) is 13.8 Å². The molecule has 0 bridgehead atoms. The van der Waals surface area contributed by atoms with Crippen LogP contribution in [-0.2, 0) is 105 Å². The van der Waals surface area contributed by atoms with Crippen molar-refractivity contribution in [2.45, 2.75) is 200 Å². The van der Waals surface area contributed by atoms with Crippen molar-refractivity contribution in [2.75, 3.05) is 0 Å². The van der Waals surface area contributed by atoms with Crippen molar-refractivity contribution in [1.82, 2.24) is 0 Å². The SMILES string of the molecule is C=C(C)C(=O)O[C@H]1[C@H]2C(=C)C(=O)O[C@@H]2C[C@@H](C)/C=C\C(=O)[C@@](C)(O)[C@@H]1OC(=O)C(=C)C.C=C(C)C(=O)O[C@H]1[C@H]2C(=C)C(=O)O[C@@H]2C[C@@H](C)/C=C\C(=O)[C@@](C)(O)[C@@H]1OC(=O)C(C)C.C=C(C)C(=O)O[C@H]1[C@H]2C(=C)C(=O)O[C@@H]2C[C@@H](C)[C@@H]2O[C@@H]2C(=O)[C@@](C)(O)[C@@H]1OC(=O)C(C)C. The number of rotatable bonds is 12. The number of aliphatic hydroxyl groups is 3. The van der Waals surface area contributed by atoms with E-state index in [1.54, 1.807) is 46.8 Å². The monoisotopic (exact) mass is 1320 g/mol. The quantitative estimate of drug-likeness (QED) is 0.0965. The normalized spacial score (nSPS) is 35.9. The second-order valence-electron chi connectivity index (χ2n) is 26.5. The standard InChI is InChI=1S/C23H30O9.C23H30O8.C23H28O8/c1-9(2)20(25)31-16-14-12(6)22(27)29-13(14)8-11(5)15-17(30-15)18(24)23(7,28)19(16)32-21(26)10(3)4;2*1-11(2)20(25)30-18-17-14(6)22(27)29-15(17)10-13(5)8-9-16(24)23(7,28)19(18)31-21(26)12(3)4/h10-11,13-17,19,28H,1,6,8H2,2-5,7H3;8-9,12-13,15,17-19,28H,1,6,10H2,2-5,7H3;8-9,13,15,17-19,28H,1,3,6,10H2,2,4-5,7H3/b;2*9-8-/t11-,13-,14+,15+,16+,17+,19-,23-;2*13-,15+,17-,18-,19+,23+/m100/s1. The van der Waals surface area contributed by atoms with Gasteiger partial charge in [0.15, 0.2) is 70.8 Å². The van der Waals surface area contributed by atoms with Gasteiger partial charge in [-0.3, -0.25) is 24.0 Å². The predicted octanol–water partition coefficient (Wildman–Crippen LogP) is 5.30. The average Bonchev–Trinajstić information content (AvgIpc) is 1.52. The fourth-order valence-corrected chi connectivity index (χ4v) is 11.3. The van der Waals surface area contributed by atoms with Gasteiger partial charge in [0, 0.05) is 39.0 Å². The predicted molar refractivity (Wildman–Crippen MR) is 331 cm³/mol. The minimum absolute atomic E-state index is 0.00334. The molecule has 3 aliphatic carbocycles. The van der Waals surface area contributed by atoms with Crippen molar-refractivity contribution in [1.29, 1.82) is 0 Å². The number of allylic oxidation sites excluding steroid dienone is 2. The van der Waals surface area contributed by atoms with Crippen LogP contribution < -0.4 is 0 Å². The molecule has 5 fully saturated rings. The van der Waals surface area contributed by atoms with Crippen LogP contribution >= 0.6 is 0 Å². The number of carbonyl (C=O) groups excluding carboxylic acids is 12. The van der Waals surface area contributed by atoms with Crippen LogP contribution in [0.15, 0.2) is 109 Å². The fraction of sp³-hybridized carbons (Fsp3) is 0.565. The molecule has 0 spiro atoms. The highest BCUT2D eigenvalue weighted by Crippen LogP contribution is 2.47. The zero-order valence-electron chi connectivity index (χ0n) is 55.7. The van der Waals surface area contributed by atoms with E-state index in [0.29, 0.717) is 19.3 Å². The highest BCUT2D eigenvalue weighted by Gasteiger charge is 2.64. The Morgan fingerprint density at radius 2 is 0.766 bits per heavy atom. The Bertz CT molecular complexity index is 3260. The van der Waals surface area contributed by atoms with Gasteiger partial charge in [-0.05, 0) is 97.6 Å². The van der Waals surface area contributed by atoms with E-state index in [9.17, 15) is 72.9 Å². The van der Waals surface area contributed by atoms with Crippen LogP contribution in [0.4, 0.5) is 0 Å². The lowest BCUT2D eigenvalue weighted by Gasteiger charge is -2.40. The minimum atomic E-state index is -2.30. The molecular formula is C69H88O25. The topological polar surface area (TPSA) is 361 Å². The van der Waals surface area contributed by atoms with Crippen LogP contribution in [-0.4, -0.2) is 170 Å². The number of epoxide rings is 1. The van der Waals surface area contributed by atoms with Crippen molar-refractivity contribution in [2.24, 2.45) is 47.3 Å². The van der Waals surface area contributed by atoms with Crippen molar-refractivity contribution in [3.8, 4) is 0 Å². The first-order valence-corrected chi connectivity index (χ1v) is 30.7. The number of hydrogen-bond donors (Lipinski definition) is 3. The summed E-state index contributed by atoms with van der Waals surface area (Å²) in [4.78, 5) is 151. The molecule has 94 heavy (non-hydrogen) atoms. The first-order valence-electron chi connectivity index (χ1n) is 30.7. The Hall–Kier alpha value is -8.26. The Morgan fingerprint density at radius 1 is 0.479 bits per heavy atom. The molecule has 7 rings (SSSR count). The lowest BCUT2D eigenvalue weighted by Crippen LogP contribution is -2.60. The third-order valence-corrected chi connectivity index (χ3v) is 17.2. The van der Waals surface area contributed by atoms with E-state index in [1.165, 1.54) is 53.7 Å². The Labute approximate surface area is 546 Å². The molecule has 25 nitrogen and oxygen atoms in total. The molecular weight excluding hydrogens is 1230 g/mol. The van der Waals surface area contributed by atoms with Gasteiger partial charge in [0.1, 0.15) is 24.4 Å². The van der Waals surface area contributed by atoms with E-state index >= 15 is 0 Å². The zero-order valence-corrected chi connectivity index (χ0v) is 55.7. The summed E-state index contributed by atoms with van der Waals surface area (Å²) in [5.41, 5.74) is -6.69. The number of hydrogen-bond acceptors (Lipinski definition) is 25. The molecule has 0 aromatic carbocycles. The summed E-state index contributed by atoms with van der Waals surface area (Å²) in [6.07, 6.45) is -6.46. The molecule has 3 N–H and O–H groups in total. The molecule has 514 valence electrons. The summed E-state index contributed by atoms with van der Waals surface area (Å²) in [6.45, 7) is 46.4. The number of Topliss-reactive ketones (excluding diaryl/α,β-unsaturated/α-hetero) is 1. The number of ether oxygens (including phenoxy) is 10. The summed E-state index contributed by atoms with van der Waals surface area (Å²) >= 11 is 0. The van der Waals surface area contributed by atoms with Crippen molar-refractivity contribution < 1.29 is 120 Å². The highest BCUT2D eigenvalue weighted by molar-refractivity contribution is 6.00. The molecule has 0 aromatic rings. The van der Waals surface area contributed by atoms with Gasteiger partial charge in [-0.2, -0.15) is 0 Å². The maximum Gasteiger partial charge on any atom is 0.334 e. The van der Waals surface area contributed by atoms with Gasteiger partial charge in [0.25, 0.3) is 0 Å². The zero-order chi connectivity index (χ0) is 71.5. The van der Waals surface area contributed by atoms with E-state index in [2.05, 4.69) is 46.1 Å². The van der Waals surface area contributed by atoms with E-state index in [0.717, 1.165) is 6.92 Å². The summed E-state index contributed by atoms with van der Waals surface area (Å²) in [6, 6.07) is 0. The van der Waals surface area contributed by atoms with Crippen LogP contribution in [0.2, 0.25) is 0 Å². The first-order chi connectivity index (χ1) is 43.3. The average molecular weight is 1320 g/mol. The molecule has 0 aromatic heterocycles. The third kappa shape index (κ3) is 17.0. The molecule has 0 unspecified atom stereocenters. The van der Waals surface area contributed by atoms with Crippen molar-refractivity contribution in [3.63, 3.8) is 0 Å². The lowest BCUT2D eigenvalue weighted by atomic mass is 9.75. The van der Waals surface area contributed by atoms with Gasteiger partial charge in [-0.25, -0.2) is 33.6 Å². The van der Waals surface area contributed by atoms with Crippen LogP contribution in [0.5, 0.6) is 0 Å². The number of carbonyl (C=O) groups is 12.